The third kappa shape index (κ3) is 3.34. The Morgan fingerprint density at radius 2 is 1.96 bits per heavy atom. The lowest BCUT2D eigenvalue weighted by atomic mass is 9.87. The van der Waals surface area contributed by atoms with Gasteiger partial charge in [0.2, 0.25) is 0 Å². The van der Waals surface area contributed by atoms with E-state index in [1.807, 2.05) is 0 Å². The van der Waals surface area contributed by atoms with Crippen LogP contribution in [0.3, 0.4) is 0 Å². The molecule has 2 aromatic rings. The smallest absolute Gasteiger partial charge is 0.268 e. The minimum atomic E-state index is -1.01. The van der Waals surface area contributed by atoms with Gasteiger partial charge in [-0.25, -0.2) is 8.78 Å². The molecular formula is C20H25F2N3O. The molecule has 140 valence electrons. The monoisotopic (exact) mass is 361 g/mol. The van der Waals surface area contributed by atoms with Gasteiger partial charge in [-0.3, -0.25) is 4.79 Å². The number of piperidine rings is 1. The number of benzene rings is 1. The minimum absolute atomic E-state index is 0.165. The Balaban J connectivity index is 1.72. The van der Waals surface area contributed by atoms with E-state index in [0.717, 1.165) is 31.1 Å². The van der Waals surface area contributed by atoms with Crippen molar-refractivity contribution in [3.8, 4) is 0 Å². The van der Waals surface area contributed by atoms with E-state index in [0.29, 0.717) is 36.3 Å². The van der Waals surface area contributed by atoms with Crippen molar-refractivity contribution in [2.75, 3.05) is 13.1 Å². The summed E-state index contributed by atoms with van der Waals surface area (Å²) in [7, 11) is 0. The topological polar surface area (TPSA) is 56.9 Å². The van der Waals surface area contributed by atoms with Gasteiger partial charge in [0.25, 0.3) is 5.91 Å². The van der Waals surface area contributed by atoms with Crippen molar-refractivity contribution in [2.24, 2.45) is 0 Å². The molecule has 1 amide bonds. The first kappa shape index (κ1) is 17.5. The minimum Gasteiger partial charge on any atom is -0.350 e. The van der Waals surface area contributed by atoms with Crippen LogP contribution in [0.15, 0.2) is 18.2 Å². The van der Waals surface area contributed by atoms with Crippen molar-refractivity contribution in [3.63, 3.8) is 0 Å². The number of H-pyrrole nitrogens is 1. The van der Waals surface area contributed by atoms with E-state index in [2.05, 4.69) is 15.6 Å². The van der Waals surface area contributed by atoms with Crippen molar-refractivity contribution in [1.82, 2.24) is 15.6 Å². The van der Waals surface area contributed by atoms with Gasteiger partial charge in [-0.1, -0.05) is 19.3 Å². The van der Waals surface area contributed by atoms with Crippen molar-refractivity contribution < 1.29 is 13.6 Å². The lowest BCUT2D eigenvalue weighted by molar-refractivity contribution is 0.0921. The summed E-state index contributed by atoms with van der Waals surface area (Å²) in [5.74, 6) is -0.987. The van der Waals surface area contributed by atoms with E-state index >= 15 is 0 Å². The van der Waals surface area contributed by atoms with Crippen LogP contribution in [0, 0.1) is 5.82 Å². The molecule has 1 saturated carbocycles. The third-order valence-electron chi connectivity index (χ3n) is 5.74. The van der Waals surface area contributed by atoms with Crippen LogP contribution in [-0.2, 0) is 0 Å². The normalized spacial score (nSPS) is 24.7. The van der Waals surface area contributed by atoms with Gasteiger partial charge in [0.1, 0.15) is 17.7 Å². The molecule has 2 unspecified atom stereocenters. The molecule has 0 bridgehead atoms. The Labute approximate surface area is 151 Å². The van der Waals surface area contributed by atoms with Crippen LogP contribution in [0.4, 0.5) is 8.78 Å². The van der Waals surface area contributed by atoms with Gasteiger partial charge in [-0.2, -0.15) is 0 Å². The molecule has 2 atom stereocenters. The molecule has 4 rings (SSSR count). The average molecular weight is 361 g/mol. The Bertz CT molecular complexity index is 798. The van der Waals surface area contributed by atoms with Gasteiger partial charge in [-0.05, 0) is 49.6 Å². The average Bonchev–Trinajstić information content (AvgIpc) is 3.01. The molecule has 26 heavy (non-hydrogen) atoms. The van der Waals surface area contributed by atoms with Gasteiger partial charge < -0.3 is 15.6 Å². The van der Waals surface area contributed by atoms with Crippen LogP contribution >= 0.6 is 0 Å². The molecule has 3 N–H and O–H groups in total. The van der Waals surface area contributed by atoms with E-state index < -0.39 is 12.1 Å². The third-order valence-corrected chi connectivity index (χ3v) is 5.74. The second-order valence-corrected chi connectivity index (χ2v) is 7.53. The van der Waals surface area contributed by atoms with E-state index in [4.69, 9.17) is 0 Å². The number of carbonyl (C=O) groups is 1. The number of rotatable bonds is 3. The highest BCUT2D eigenvalue weighted by atomic mass is 19.1. The van der Waals surface area contributed by atoms with Gasteiger partial charge in [-0.15, -0.1) is 0 Å². The predicted octanol–water partition coefficient (Wildman–Crippen LogP) is 3.78. The van der Waals surface area contributed by atoms with Gasteiger partial charge in [0.15, 0.2) is 0 Å². The van der Waals surface area contributed by atoms with Crippen LogP contribution in [0.1, 0.15) is 60.5 Å². The van der Waals surface area contributed by atoms with Gasteiger partial charge >= 0.3 is 0 Å². The van der Waals surface area contributed by atoms with Gasteiger partial charge in [0.05, 0.1) is 0 Å². The van der Waals surface area contributed by atoms with Crippen molar-refractivity contribution in [1.29, 1.82) is 0 Å². The fourth-order valence-corrected chi connectivity index (χ4v) is 4.37. The Kier molecular flexibility index (Phi) is 4.94. The highest BCUT2D eigenvalue weighted by Crippen LogP contribution is 2.35. The molecule has 1 aromatic heterocycles. The number of hydrogen-bond donors (Lipinski definition) is 3. The number of hydrogen-bond acceptors (Lipinski definition) is 2. The van der Waals surface area contributed by atoms with Crippen molar-refractivity contribution >= 4 is 16.8 Å². The Morgan fingerprint density at radius 3 is 2.73 bits per heavy atom. The number of nitrogens with one attached hydrogen (secondary N) is 3. The number of alkyl halides is 1. The molecular weight excluding hydrogens is 336 g/mol. The number of halogens is 2. The summed E-state index contributed by atoms with van der Waals surface area (Å²) in [4.78, 5) is 16.0. The summed E-state index contributed by atoms with van der Waals surface area (Å²) in [6.45, 7) is 1.12. The molecule has 2 fully saturated rings. The molecule has 1 aliphatic heterocycles. The van der Waals surface area contributed by atoms with Crippen molar-refractivity contribution in [3.05, 3.63) is 35.3 Å². The first-order chi connectivity index (χ1) is 12.6. The predicted molar refractivity (Wildman–Crippen MR) is 97.7 cm³/mol. The number of aromatic nitrogens is 1. The highest BCUT2D eigenvalue weighted by Gasteiger charge is 2.33. The first-order valence-electron chi connectivity index (χ1n) is 9.60. The maximum Gasteiger partial charge on any atom is 0.268 e. The summed E-state index contributed by atoms with van der Waals surface area (Å²) in [5.41, 5.74) is 1.60. The quantitative estimate of drug-likeness (QED) is 0.779. The Morgan fingerprint density at radius 1 is 1.15 bits per heavy atom. The van der Waals surface area contributed by atoms with E-state index in [-0.39, 0.29) is 17.8 Å². The molecule has 2 heterocycles. The lowest BCUT2D eigenvalue weighted by Crippen LogP contribution is -2.39. The zero-order chi connectivity index (χ0) is 18.1. The maximum atomic E-state index is 14.7. The second kappa shape index (κ2) is 7.35. The van der Waals surface area contributed by atoms with Crippen LogP contribution in [-0.4, -0.2) is 36.2 Å². The number of fused-ring (bicyclic) bond motifs is 1. The van der Waals surface area contributed by atoms with E-state index in [1.54, 1.807) is 6.07 Å². The summed E-state index contributed by atoms with van der Waals surface area (Å²) < 4.78 is 28.3. The van der Waals surface area contributed by atoms with Crippen LogP contribution < -0.4 is 10.6 Å². The molecule has 4 nitrogen and oxygen atoms in total. The largest absolute Gasteiger partial charge is 0.350 e. The molecule has 2 aliphatic rings. The Hall–Kier alpha value is -1.95. The fourth-order valence-electron chi connectivity index (χ4n) is 4.37. The molecule has 1 aromatic carbocycles. The zero-order valence-electron chi connectivity index (χ0n) is 14.8. The van der Waals surface area contributed by atoms with Gasteiger partial charge in [0, 0.05) is 29.4 Å². The van der Waals surface area contributed by atoms with E-state index in [1.165, 1.54) is 18.6 Å². The number of aromatic amines is 1. The number of carbonyl (C=O) groups excluding carboxylic acids is 1. The van der Waals surface area contributed by atoms with E-state index in [9.17, 15) is 13.6 Å². The fraction of sp³-hybridized carbons (Fsp3) is 0.550. The highest BCUT2D eigenvalue weighted by molar-refractivity contribution is 6.01. The molecule has 1 aliphatic carbocycles. The lowest BCUT2D eigenvalue weighted by Gasteiger charge is -2.28. The first-order valence-corrected chi connectivity index (χ1v) is 9.60. The van der Waals surface area contributed by atoms with Crippen LogP contribution in [0.2, 0.25) is 0 Å². The summed E-state index contributed by atoms with van der Waals surface area (Å²) in [6.07, 6.45) is 4.81. The molecule has 6 heteroatoms. The molecule has 0 radical (unpaired) electrons. The summed E-state index contributed by atoms with van der Waals surface area (Å²) in [5, 5.41) is 7.05. The molecule has 0 spiro atoms. The molecule has 1 saturated heterocycles. The van der Waals surface area contributed by atoms with Crippen LogP contribution in [0.5, 0.6) is 0 Å². The van der Waals surface area contributed by atoms with Crippen LogP contribution in [0.25, 0.3) is 10.9 Å². The van der Waals surface area contributed by atoms with Crippen molar-refractivity contribution in [2.45, 2.75) is 56.7 Å². The standard InChI is InChI=1S/C20H25F2N3O/c21-12-6-7-14-17(10-12)25-19(18(14)15-11-23-9-8-16(15)22)20(26)24-13-4-2-1-3-5-13/h6-7,10,13,15-16,23,25H,1-5,8-9,11H2,(H,24,26). The maximum absolute atomic E-state index is 14.7. The number of amides is 1. The zero-order valence-corrected chi connectivity index (χ0v) is 14.8. The SMILES string of the molecule is O=C(NC1CCCCC1)c1[nH]c2cc(F)ccc2c1C1CNCCC1F. The summed E-state index contributed by atoms with van der Waals surface area (Å²) in [6, 6.07) is 4.55. The summed E-state index contributed by atoms with van der Waals surface area (Å²) >= 11 is 0. The second-order valence-electron chi connectivity index (χ2n) is 7.53.